The molecule has 1 heterocycles. The predicted octanol–water partition coefficient (Wildman–Crippen LogP) is 4.22. The molecular formula is C25H32F2N2O3. The van der Waals surface area contributed by atoms with Crippen molar-refractivity contribution >= 4 is 5.91 Å². The van der Waals surface area contributed by atoms with Crippen LogP contribution in [0.2, 0.25) is 0 Å². The number of amides is 1. The molecule has 32 heavy (non-hydrogen) atoms. The molecule has 2 unspecified atom stereocenters. The van der Waals surface area contributed by atoms with Crippen LogP contribution in [0.4, 0.5) is 8.78 Å². The summed E-state index contributed by atoms with van der Waals surface area (Å²) >= 11 is 0. The maximum absolute atomic E-state index is 14.1. The van der Waals surface area contributed by atoms with Gasteiger partial charge in [0.15, 0.2) is 0 Å². The molecule has 0 saturated carbocycles. The first-order valence-corrected chi connectivity index (χ1v) is 11.2. The maximum Gasteiger partial charge on any atom is 0.227 e. The van der Waals surface area contributed by atoms with Crippen molar-refractivity contribution in [3.05, 3.63) is 65.2 Å². The zero-order valence-electron chi connectivity index (χ0n) is 19.0. The average molecular weight is 447 g/mol. The maximum atomic E-state index is 14.1. The summed E-state index contributed by atoms with van der Waals surface area (Å²) in [6, 6.07) is 10.8. The third kappa shape index (κ3) is 6.26. The molecule has 0 N–H and O–H groups in total. The Morgan fingerprint density at radius 3 is 2.56 bits per heavy atom. The molecule has 7 heteroatoms. The van der Waals surface area contributed by atoms with Gasteiger partial charge in [-0.15, -0.1) is 0 Å². The third-order valence-electron chi connectivity index (χ3n) is 5.86. The third-order valence-corrected chi connectivity index (χ3v) is 5.86. The van der Waals surface area contributed by atoms with Gasteiger partial charge in [-0.2, -0.15) is 0 Å². The van der Waals surface area contributed by atoms with E-state index in [0.29, 0.717) is 19.8 Å². The number of carbonyl (C=O) groups excluding carboxylic acids is 1. The standard InChI is InChI=1S/C25H32F2N2O3/c1-4-31-21-10-7-18(8-11-21)24(17-29-13-12-22(16-29)32-5-2)28(3)25(30)14-19-6-9-20(26)15-23(19)27/h6-11,15,22,24H,4-5,12-14,16-17H2,1-3H3. The highest BCUT2D eigenvalue weighted by Gasteiger charge is 2.29. The van der Waals surface area contributed by atoms with Crippen molar-refractivity contribution in [2.24, 2.45) is 0 Å². The van der Waals surface area contributed by atoms with Crippen LogP contribution in [0, 0.1) is 11.6 Å². The summed E-state index contributed by atoms with van der Waals surface area (Å²) in [5.41, 5.74) is 1.16. The van der Waals surface area contributed by atoms with Crippen molar-refractivity contribution in [2.75, 3.05) is 39.9 Å². The summed E-state index contributed by atoms with van der Waals surface area (Å²) in [6.45, 7) is 7.54. The van der Waals surface area contributed by atoms with E-state index in [4.69, 9.17) is 9.47 Å². The van der Waals surface area contributed by atoms with Crippen molar-refractivity contribution in [1.82, 2.24) is 9.80 Å². The molecule has 2 aromatic carbocycles. The molecule has 2 aromatic rings. The molecule has 1 aliphatic rings. The number of likely N-dealkylation sites (N-methyl/N-ethyl adjacent to an activating group) is 1. The largest absolute Gasteiger partial charge is 0.494 e. The lowest BCUT2D eigenvalue weighted by atomic mass is 10.0. The van der Waals surface area contributed by atoms with Crippen LogP contribution in [0.3, 0.4) is 0 Å². The Hall–Kier alpha value is -2.51. The lowest BCUT2D eigenvalue weighted by molar-refractivity contribution is -0.131. The van der Waals surface area contributed by atoms with Crippen LogP contribution >= 0.6 is 0 Å². The molecule has 0 bridgehead atoms. The fraction of sp³-hybridized carbons (Fsp3) is 0.480. The molecule has 0 aliphatic carbocycles. The normalized spacial score (nSPS) is 17.3. The molecule has 1 amide bonds. The Labute approximate surface area is 188 Å². The Balaban J connectivity index is 1.77. The van der Waals surface area contributed by atoms with Crippen LogP contribution in [-0.4, -0.2) is 61.7 Å². The van der Waals surface area contributed by atoms with Crippen LogP contribution < -0.4 is 4.74 Å². The average Bonchev–Trinajstić information content (AvgIpc) is 3.22. The minimum atomic E-state index is -0.705. The highest BCUT2D eigenvalue weighted by Crippen LogP contribution is 2.26. The van der Waals surface area contributed by atoms with Gasteiger partial charge in [0.05, 0.1) is 25.2 Å². The number of hydrogen-bond acceptors (Lipinski definition) is 4. The van der Waals surface area contributed by atoms with Crippen molar-refractivity contribution in [3.8, 4) is 5.75 Å². The first-order valence-electron chi connectivity index (χ1n) is 11.2. The molecule has 1 aliphatic heterocycles. The van der Waals surface area contributed by atoms with Crippen LogP contribution in [-0.2, 0) is 16.0 Å². The molecule has 1 saturated heterocycles. The molecule has 1 fully saturated rings. The van der Waals surface area contributed by atoms with E-state index in [1.807, 2.05) is 38.1 Å². The van der Waals surface area contributed by atoms with Crippen LogP contribution in [0.25, 0.3) is 0 Å². The zero-order chi connectivity index (χ0) is 23.1. The quantitative estimate of drug-likeness (QED) is 0.548. The van der Waals surface area contributed by atoms with E-state index in [1.54, 1.807) is 11.9 Å². The van der Waals surface area contributed by atoms with Crippen molar-refractivity contribution in [1.29, 1.82) is 0 Å². The second-order valence-corrected chi connectivity index (χ2v) is 8.06. The summed E-state index contributed by atoms with van der Waals surface area (Å²) in [7, 11) is 1.74. The summed E-state index contributed by atoms with van der Waals surface area (Å²) in [5.74, 6) is -0.814. The number of halogens is 2. The summed E-state index contributed by atoms with van der Waals surface area (Å²) in [5, 5.41) is 0. The van der Waals surface area contributed by atoms with Gasteiger partial charge in [0.2, 0.25) is 5.91 Å². The second-order valence-electron chi connectivity index (χ2n) is 8.06. The first kappa shape index (κ1) is 24.1. The Morgan fingerprint density at radius 2 is 1.91 bits per heavy atom. The van der Waals surface area contributed by atoms with Crippen LogP contribution in [0.5, 0.6) is 5.75 Å². The van der Waals surface area contributed by atoms with Gasteiger partial charge < -0.3 is 14.4 Å². The number of carbonyl (C=O) groups is 1. The molecule has 3 rings (SSSR count). The SMILES string of the molecule is CCOc1ccc(C(CN2CCC(OCC)C2)N(C)C(=O)Cc2ccc(F)cc2F)cc1. The van der Waals surface area contributed by atoms with Gasteiger partial charge in [-0.1, -0.05) is 18.2 Å². The highest BCUT2D eigenvalue weighted by atomic mass is 19.1. The number of nitrogens with zero attached hydrogens (tertiary/aromatic N) is 2. The fourth-order valence-corrected chi connectivity index (χ4v) is 4.11. The van der Waals surface area contributed by atoms with Crippen molar-refractivity contribution in [2.45, 2.75) is 38.8 Å². The zero-order valence-corrected chi connectivity index (χ0v) is 19.0. The van der Waals surface area contributed by atoms with Crippen LogP contribution in [0.1, 0.15) is 37.4 Å². The van der Waals surface area contributed by atoms with E-state index >= 15 is 0 Å². The van der Waals surface area contributed by atoms with Crippen LogP contribution in [0.15, 0.2) is 42.5 Å². The van der Waals surface area contributed by atoms with Gasteiger partial charge in [-0.3, -0.25) is 9.69 Å². The Bertz CT molecular complexity index is 891. The van der Waals surface area contributed by atoms with Gasteiger partial charge in [0.1, 0.15) is 17.4 Å². The van der Waals surface area contributed by atoms with E-state index in [-0.39, 0.29) is 30.0 Å². The van der Waals surface area contributed by atoms with E-state index in [0.717, 1.165) is 36.9 Å². The van der Waals surface area contributed by atoms with Gasteiger partial charge in [0, 0.05) is 39.4 Å². The minimum Gasteiger partial charge on any atom is -0.494 e. The number of benzene rings is 2. The summed E-state index contributed by atoms with van der Waals surface area (Å²) < 4.78 is 38.7. The predicted molar refractivity (Wildman–Crippen MR) is 120 cm³/mol. The lowest BCUT2D eigenvalue weighted by Crippen LogP contribution is -2.39. The number of hydrogen-bond donors (Lipinski definition) is 0. The molecular weight excluding hydrogens is 414 g/mol. The second kappa shape index (κ2) is 11.4. The van der Waals surface area contributed by atoms with E-state index in [2.05, 4.69) is 4.90 Å². The number of rotatable bonds is 10. The summed E-state index contributed by atoms with van der Waals surface area (Å²) in [6.07, 6.45) is 1.04. The molecule has 0 radical (unpaired) electrons. The monoisotopic (exact) mass is 446 g/mol. The fourth-order valence-electron chi connectivity index (χ4n) is 4.11. The lowest BCUT2D eigenvalue weighted by Gasteiger charge is -2.32. The Morgan fingerprint density at radius 1 is 1.16 bits per heavy atom. The minimum absolute atomic E-state index is 0.127. The van der Waals surface area contributed by atoms with Gasteiger partial charge in [-0.25, -0.2) is 8.78 Å². The summed E-state index contributed by atoms with van der Waals surface area (Å²) in [4.78, 5) is 17.0. The first-order chi connectivity index (χ1) is 15.4. The topological polar surface area (TPSA) is 42.0 Å². The molecule has 5 nitrogen and oxygen atoms in total. The van der Waals surface area contributed by atoms with Gasteiger partial charge in [-0.05, 0) is 49.6 Å². The van der Waals surface area contributed by atoms with E-state index in [1.165, 1.54) is 12.1 Å². The molecule has 0 spiro atoms. The number of ether oxygens (including phenoxy) is 2. The van der Waals surface area contributed by atoms with Crippen molar-refractivity contribution < 1.29 is 23.0 Å². The smallest absolute Gasteiger partial charge is 0.227 e. The van der Waals surface area contributed by atoms with E-state index in [9.17, 15) is 13.6 Å². The van der Waals surface area contributed by atoms with Crippen molar-refractivity contribution in [3.63, 3.8) is 0 Å². The van der Waals surface area contributed by atoms with Gasteiger partial charge >= 0.3 is 0 Å². The highest BCUT2D eigenvalue weighted by molar-refractivity contribution is 5.79. The molecule has 0 aromatic heterocycles. The Kier molecular flexibility index (Phi) is 8.59. The molecule has 174 valence electrons. The molecule has 2 atom stereocenters. The van der Waals surface area contributed by atoms with E-state index < -0.39 is 11.6 Å². The van der Waals surface area contributed by atoms with Gasteiger partial charge in [0.25, 0.3) is 0 Å². The number of likely N-dealkylation sites (tertiary alicyclic amines) is 1.